The fourth-order valence-electron chi connectivity index (χ4n) is 18.5. The molecule has 0 saturated heterocycles. The number of aliphatic hydroxyl groups excluding tert-OH is 4. The average molecular weight is 1570 g/mol. The molecule has 0 unspecified atom stereocenters. The number of rotatable bonds is 30. The van der Waals surface area contributed by atoms with Crippen molar-refractivity contribution in [1.29, 1.82) is 0 Å². The van der Waals surface area contributed by atoms with E-state index in [1.165, 1.54) is 50.1 Å². The largest absolute Gasteiger partial charge is 0.466 e. The second kappa shape index (κ2) is 34.0. The number of anilines is 3. The van der Waals surface area contributed by atoms with Gasteiger partial charge in [-0.25, -0.2) is 9.36 Å². The molecular formula is C86H117N11O13Si2. The number of ether oxygens (including phenoxy) is 4. The van der Waals surface area contributed by atoms with Crippen molar-refractivity contribution in [3.05, 3.63) is 116 Å². The van der Waals surface area contributed by atoms with Gasteiger partial charge in [-0.2, -0.15) is 15.3 Å². The third kappa shape index (κ3) is 15.6. The van der Waals surface area contributed by atoms with Gasteiger partial charge in [-0.05, 0) is 226 Å². The van der Waals surface area contributed by atoms with Crippen molar-refractivity contribution in [2.75, 3.05) is 87.2 Å². The van der Waals surface area contributed by atoms with Crippen LogP contribution in [0.5, 0.6) is 0 Å². The predicted molar refractivity (Wildman–Crippen MR) is 442 cm³/mol. The van der Waals surface area contributed by atoms with E-state index in [1.54, 1.807) is 18.7 Å². The van der Waals surface area contributed by atoms with Crippen molar-refractivity contribution in [2.45, 2.75) is 238 Å². The van der Waals surface area contributed by atoms with Gasteiger partial charge in [0.05, 0.1) is 65.6 Å². The number of allylic oxidation sites excluding steroid dienone is 2. The average Bonchev–Trinajstić information content (AvgIpc) is 1.56. The van der Waals surface area contributed by atoms with Crippen LogP contribution in [0.25, 0.3) is 55.7 Å². The van der Waals surface area contributed by atoms with Crippen LogP contribution in [0.15, 0.2) is 55.0 Å². The molecule has 0 spiro atoms. The summed E-state index contributed by atoms with van der Waals surface area (Å²) in [6.07, 6.45) is 19.1. The molecule has 8 heterocycles. The highest BCUT2D eigenvalue weighted by Crippen LogP contribution is 2.55. The molecule has 3 amide bonds. The number of aliphatic hydroxyl groups is 4. The third-order valence-electron chi connectivity index (χ3n) is 23.9. The lowest BCUT2D eigenvalue weighted by Gasteiger charge is -2.27. The first kappa shape index (κ1) is 81.7. The smallest absolute Gasteiger partial charge is 0.307 e. The molecule has 0 fully saturated rings. The van der Waals surface area contributed by atoms with Crippen molar-refractivity contribution in [2.24, 2.45) is 0 Å². The van der Waals surface area contributed by atoms with Crippen LogP contribution in [0.1, 0.15) is 179 Å². The van der Waals surface area contributed by atoms with E-state index in [0.717, 1.165) is 187 Å². The number of hydrogen-bond donors (Lipinski definition) is 7. The van der Waals surface area contributed by atoms with Crippen molar-refractivity contribution < 1.29 is 63.3 Å². The molecule has 26 heteroatoms. The molecule has 0 saturated carbocycles. The molecular weight excluding hydrogens is 1450 g/mol. The van der Waals surface area contributed by atoms with Gasteiger partial charge in [0.1, 0.15) is 24.8 Å². The van der Waals surface area contributed by atoms with Crippen molar-refractivity contribution in [1.82, 2.24) is 39.7 Å². The van der Waals surface area contributed by atoms with Gasteiger partial charge in [0.25, 0.3) is 0 Å². The summed E-state index contributed by atoms with van der Waals surface area (Å²) in [6.45, 7) is 27.8. The maximum atomic E-state index is 14.2. The Morgan fingerprint density at radius 2 is 0.920 bits per heavy atom. The quantitative estimate of drug-likeness (QED) is 0.0125. The number of nitrogens with zero attached hydrogens (tertiary/aromatic N) is 8. The number of carbonyl (C=O) groups is 5. The summed E-state index contributed by atoms with van der Waals surface area (Å²) in [5.41, 5.74) is 20.3. The molecule has 15 rings (SSSR count). The van der Waals surface area contributed by atoms with Crippen LogP contribution in [0.4, 0.5) is 17.1 Å². The first-order valence-electron chi connectivity index (χ1n) is 41.2. The molecule has 5 aromatic heterocycles. The molecule has 3 aromatic carbocycles. The van der Waals surface area contributed by atoms with Crippen LogP contribution < -0.4 is 14.7 Å². The Labute approximate surface area is 659 Å². The Morgan fingerprint density at radius 1 is 0.500 bits per heavy atom. The molecule has 4 aliphatic carbocycles. The highest BCUT2D eigenvalue weighted by Gasteiger charge is 2.56. The summed E-state index contributed by atoms with van der Waals surface area (Å²) in [5, 5.41) is 58.9. The Balaban J connectivity index is 0.000000150. The summed E-state index contributed by atoms with van der Waals surface area (Å²) in [5.74, 6) is -1.27. The number of aryl methyl sites for hydroxylation is 5. The zero-order valence-electron chi connectivity index (χ0n) is 67.8. The molecule has 112 heavy (non-hydrogen) atoms. The molecule has 602 valence electrons. The van der Waals surface area contributed by atoms with Gasteiger partial charge in [-0.3, -0.25) is 29.1 Å². The molecule has 24 nitrogen and oxygen atoms in total. The van der Waals surface area contributed by atoms with Gasteiger partial charge in [-0.15, -0.1) is 0 Å². The Bertz CT molecular complexity index is 4820. The van der Waals surface area contributed by atoms with E-state index in [4.69, 9.17) is 29.1 Å². The van der Waals surface area contributed by atoms with E-state index in [-0.39, 0.29) is 70.2 Å². The molecule has 3 aliphatic heterocycles. The van der Waals surface area contributed by atoms with E-state index < -0.39 is 44.3 Å². The first-order valence-corrected chi connectivity index (χ1v) is 48.6. The van der Waals surface area contributed by atoms with Crippen LogP contribution in [0.3, 0.4) is 0 Å². The lowest BCUT2D eigenvalue weighted by atomic mass is 9.75. The zero-order valence-corrected chi connectivity index (χ0v) is 69.8. The number of carbonyl (C=O) groups excluding carboxylic acids is 5. The van der Waals surface area contributed by atoms with Crippen LogP contribution in [-0.2, 0) is 111 Å². The Hall–Kier alpha value is -8.35. The lowest BCUT2D eigenvalue weighted by Crippen LogP contribution is -2.44. The summed E-state index contributed by atoms with van der Waals surface area (Å²) < 4.78 is 26.4. The fraction of sp³-hybridized carbons (Fsp3) is 0.558. The Morgan fingerprint density at radius 3 is 1.36 bits per heavy atom. The van der Waals surface area contributed by atoms with Crippen LogP contribution in [0.2, 0.25) is 51.4 Å². The topological polar surface area (TPSA) is 309 Å². The van der Waals surface area contributed by atoms with E-state index >= 15 is 0 Å². The summed E-state index contributed by atoms with van der Waals surface area (Å²) in [7, 11) is -2.31. The fourth-order valence-corrected chi connectivity index (χ4v) is 20.0. The van der Waals surface area contributed by atoms with Gasteiger partial charge in [0.2, 0.25) is 17.7 Å². The second-order valence-electron chi connectivity index (χ2n) is 34.0. The van der Waals surface area contributed by atoms with E-state index in [1.807, 2.05) is 38.4 Å². The van der Waals surface area contributed by atoms with E-state index in [9.17, 15) is 44.4 Å². The van der Waals surface area contributed by atoms with Crippen LogP contribution >= 0.6 is 0 Å². The molecule has 0 bridgehead atoms. The normalized spacial score (nSPS) is 16.8. The number of nitrogens with one attached hydrogen (secondary N) is 3. The number of fused-ring (bicyclic) bond motifs is 17. The van der Waals surface area contributed by atoms with Gasteiger partial charge in [-0.1, -0.05) is 66.1 Å². The van der Waals surface area contributed by atoms with Gasteiger partial charge in [0, 0.05) is 133 Å². The summed E-state index contributed by atoms with van der Waals surface area (Å²) >= 11 is 0. The lowest BCUT2D eigenvalue weighted by molar-refractivity contribution is -0.151. The van der Waals surface area contributed by atoms with Crippen molar-refractivity contribution in [3.8, 4) is 22.8 Å². The minimum Gasteiger partial charge on any atom is -0.466 e. The monoisotopic (exact) mass is 1570 g/mol. The van der Waals surface area contributed by atoms with Crippen molar-refractivity contribution >= 4 is 95.8 Å². The first-order chi connectivity index (χ1) is 53.9. The highest BCUT2D eigenvalue weighted by molar-refractivity contribution is 6.76. The van der Waals surface area contributed by atoms with Crippen LogP contribution in [0, 0.1) is 0 Å². The number of aromatic amines is 3. The van der Waals surface area contributed by atoms with Crippen LogP contribution in [-0.4, -0.2) is 178 Å². The maximum Gasteiger partial charge on any atom is 0.307 e. The number of aromatic nitrogens is 8. The zero-order chi connectivity index (χ0) is 79.6. The highest BCUT2D eigenvalue weighted by atomic mass is 28.3. The molecule has 0 radical (unpaired) electrons. The molecule has 0 atom stereocenters. The molecule has 7 N–H and O–H groups in total. The number of benzene rings is 3. The maximum absolute atomic E-state index is 14.2. The summed E-state index contributed by atoms with van der Waals surface area (Å²) in [6, 6.07) is 14.9. The third-order valence-corrected chi connectivity index (χ3v) is 27.3. The second-order valence-corrected chi connectivity index (χ2v) is 45.3. The minimum absolute atomic E-state index is 0.00801. The number of esters is 2. The minimum atomic E-state index is -1.40. The van der Waals surface area contributed by atoms with Gasteiger partial charge in [0.15, 0.2) is 0 Å². The predicted octanol–water partition coefficient (Wildman–Crippen LogP) is 13.3. The van der Waals surface area contributed by atoms with E-state index in [2.05, 4.69) is 116 Å². The van der Waals surface area contributed by atoms with Gasteiger partial charge >= 0.3 is 11.9 Å². The van der Waals surface area contributed by atoms with Crippen molar-refractivity contribution in [3.63, 3.8) is 0 Å². The van der Waals surface area contributed by atoms with E-state index in [0.29, 0.717) is 64.3 Å². The molecule has 7 aliphatic rings. The number of hydrogen-bond acceptors (Lipinski definition) is 16. The van der Waals surface area contributed by atoms with Gasteiger partial charge < -0.3 is 64.0 Å². The number of amides is 3. The number of H-pyrrole nitrogens is 3. The summed E-state index contributed by atoms with van der Waals surface area (Å²) in [4.78, 5) is 80.1. The SMILES string of the molecule is CCCN1C(=O)C(CC(=O)OCC)(CC(=O)OCC)c2cc3[nH]c4c(c3cc21)CCCc1cn(COCC[Si](C)(C)C)nc1-4.CCCN1C(=O)C(CCO)(CCO)c2cc3[nH]c4c(c3cc21)CCCc1cn(COCC[Si](C)(C)C)nc1-4.CCCN1C(=O)C(CCO)(CCO)c2cc3c(cc21)C1=C(C3)c2[nH]ncc2CCC1. The Kier molecular flexibility index (Phi) is 24.8. The standard InChI is InChI=1S/C33H46N4O6Si.C29H42N4O4Si.C24H29N3O3/c1-7-13-37-27-16-24-23-12-10-11-22-20-36(21-41-14-15-44(4,5)6)35-30(22)31(23)34-26(24)17-25(27)33(32(37)40,18-28(38)42-8-2)19-29(39)43-9-3;1-5-11-33-25-16-22-21-8-6-7-20-18-32(19-37-14-15-38(2,3)4)31-26(20)27(21)30-24(22)17-23(25)29(9-12-34,10-13-35)28(33)36;1-2-8-27-21-13-18-16(12-20(21)24(6-9-28,7-10-29)23(27)30)11-19-17(18)5-3-4-15-14-25-26-22(15)19/h16-17,20,34H,7-15,18-19,21H2,1-6H3;16-18,30,34-35H,5-15,19H2,1-4H3;12-14,28-29H,2-11H2,1H3,(H,25,26). The molecule has 8 aromatic rings.